The van der Waals surface area contributed by atoms with E-state index < -0.39 is 17.6 Å². The molecule has 5 nitrogen and oxygen atoms in total. The Morgan fingerprint density at radius 1 is 1.10 bits per heavy atom. The van der Waals surface area contributed by atoms with Crippen LogP contribution in [0, 0.1) is 28.6 Å². The van der Waals surface area contributed by atoms with E-state index in [1.165, 1.54) is 5.57 Å². The highest BCUT2D eigenvalue weighted by Crippen LogP contribution is 2.68. The smallest absolute Gasteiger partial charge is 0.306 e. The lowest BCUT2D eigenvalue weighted by molar-refractivity contribution is -0.191. The van der Waals surface area contributed by atoms with Gasteiger partial charge in [-0.1, -0.05) is 32.8 Å². The molecule has 4 aliphatic rings. The van der Waals surface area contributed by atoms with Crippen LogP contribution in [-0.4, -0.2) is 34.9 Å². The number of hydrogen-bond donors (Lipinski definition) is 1. The van der Waals surface area contributed by atoms with Crippen LogP contribution in [0.1, 0.15) is 91.4 Å². The molecule has 172 valence electrons. The molecule has 0 radical (unpaired) electrons. The maximum absolute atomic E-state index is 13.1. The molecule has 5 heteroatoms. The molecule has 1 N–H and O–H groups in total. The van der Waals surface area contributed by atoms with Crippen molar-refractivity contribution in [1.82, 2.24) is 0 Å². The predicted molar refractivity (Wildman–Crippen MR) is 117 cm³/mol. The van der Waals surface area contributed by atoms with Crippen LogP contribution in [0.5, 0.6) is 0 Å². The molecule has 0 saturated heterocycles. The second-order valence-electron chi connectivity index (χ2n) is 10.9. The summed E-state index contributed by atoms with van der Waals surface area (Å²) in [6.07, 6.45) is 10.6. The molecule has 0 bridgehead atoms. The largest absolute Gasteiger partial charge is 0.450 e. The first-order valence-corrected chi connectivity index (χ1v) is 12.3. The Kier molecular flexibility index (Phi) is 5.95. The molecule has 4 rings (SSSR count). The summed E-state index contributed by atoms with van der Waals surface area (Å²) in [5, 5.41) is 9.83. The molecule has 0 spiro atoms. The summed E-state index contributed by atoms with van der Waals surface area (Å²) < 4.78 is 6.05. The Labute approximate surface area is 186 Å². The number of aliphatic hydroxyl groups is 1. The first-order valence-electron chi connectivity index (χ1n) is 12.3. The fourth-order valence-electron chi connectivity index (χ4n) is 7.93. The SMILES string of the molecule is CCCCC(=O)O[C@]1(C(=O)CO)CCC2C3CCC4=CC(=O)CC[C@]4(C)C3CC[C@@]21C. The average Bonchev–Trinajstić information content (AvgIpc) is 3.05. The number of carbonyl (C=O) groups is 3. The van der Waals surface area contributed by atoms with Crippen LogP contribution < -0.4 is 0 Å². The minimum atomic E-state index is -1.19. The molecule has 0 aromatic heterocycles. The van der Waals surface area contributed by atoms with E-state index in [1.54, 1.807) is 0 Å². The van der Waals surface area contributed by atoms with E-state index in [1.807, 2.05) is 13.0 Å². The molecule has 4 aliphatic carbocycles. The van der Waals surface area contributed by atoms with Crippen molar-refractivity contribution < 1.29 is 24.2 Å². The minimum absolute atomic E-state index is 0.0716. The van der Waals surface area contributed by atoms with E-state index >= 15 is 0 Å². The second-order valence-corrected chi connectivity index (χ2v) is 10.9. The first kappa shape index (κ1) is 22.7. The summed E-state index contributed by atoms with van der Waals surface area (Å²) in [6, 6.07) is 0. The Morgan fingerprint density at radius 2 is 1.84 bits per heavy atom. The number of hydrogen-bond acceptors (Lipinski definition) is 5. The van der Waals surface area contributed by atoms with Crippen molar-refractivity contribution in [3.63, 3.8) is 0 Å². The van der Waals surface area contributed by atoms with E-state index in [2.05, 4.69) is 13.8 Å². The quantitative estimate of drug-likeness (QED) is 0.625. The van der Waals surface area contributed by atoms with Gasteiger partial charge in [-0.3, -0.25) is 14.4 Å². The Balaban J connectivity index is 1.65. The van der Waals surface area contributed by atoms with E-state index in [4.69, 9.17) is 4.74 Å². The van der Waals surface area contributed by atoms with Gasteiger partial charge in [0.1, 0.15) is 6.61 Å². The summed E-state index contributed by atoms with van der Waals surface area (Å²) in [4.78, 5) is 37.8. The fraction of sp³-hybridized carbons (Fsp3) is 0.808. The van der Waals surface area contributed by atoms with Crippen LogP contribution in [0.2, 0.25) is 0 Å². The van der Waals surface area contributed by atoms with Crippen LogP contribution >= 0.6 is 0 Å². The Hall–Kier alpha value is -1.49. The topological polar surface area (TPSA) is 80.7 Å². The van der Waals surface area contributed by atoms with Gasteiger partial charge in [0.2, 0.25) is 5.78 Å². The lowest BCUT2D eigenvalue weighted by atomic mass is 9.46. The number of unbranched alkanes of at least 4 members (excludes halogenated alkanes) is 1. The lowest BCUT2D eigenvalue weighted by Gasteiger charge is -2.59. The van der Waals surface area contributed by atoms with Gasteiger partial charge in [0, 0.05) is 18.3 Å². The second kappa shape index (κ2) is 8.13. The highest BCUT2D eigenvalue weighted by atomic mass is 16.6. The van der Waals surface area contributed by atoms with Crippen molar-refractivity contribution in [2.75, 3.05) is 6.61 Å². The van der Waals surface area contributed by atoms with Crippen LogP contribution in [0.3, 0.4) is 0 Å². The molecule has 0 heterocycles. The van der Waals surface area contributed by atoms with Gasteiger partial charge in [-0.2, -0.15) is 0 Å². The normalized spacial score (nSPS) is 41.6. The van der Waals surface area contributed by atoms with E-state index in [0.29, 0.717) is 37.0 Å². The van der Waals surface area contributed by atoms with Crippen molar-refractivity contribution in [2.45, 2.75) is 97.0 Å². The summed E-state index contributed by atoms with van der Waals surface area (Å²) in [5.41, 5.74) is -0.225. The van der Waals surface area contributed by atoms with Gasteiger partial charge in [-0.05, 0) is 80.6 Å². The van der Waals surface area contributed by atoms with E-state index in [9.17, 15) is 19.5 Å². The molecule has 31 heavy (non-hydrogen) atoms. The third kappa shape index (κ3) is 3.34. The Morgan fingerprint density at radius 3 is 2.55 bits per heavy atom. The number of carbonyl (C=O) groups excluding carboxylic acids is 3. The summed E-state index contributed by atoms with van der Waals surface area (Å²) in [7, 11) is 0. The lowest BCUT2D eigenvalue weighted by Crippen LogP contribution is -2.59. The van der Waals surface area contributed by atoms with Crippen molar-refractivity contribution in [2.24, 2.45) is 28.6 Å². The molecule has 0 aliphatic heterocycles. The summed E-state index contributed by atoms with van der Waals surface area (Å²) >= 11 is 0. The van der Waals surface area contributed by atoms with E-state index in [-0.39, 0.29) is 23.0 Å². The fourth-order valence-corrected chi connectivity index (χ4v) is 7.93. The standard InChI is InChI=1S/C26H38O5/c1-4-5-6-23(30)31-26(22(29)16-27)14-11-21-19-8-7-17-15-18(28)9-12-24(17,2)20(19)10-13-25(21,26)3/h15,19-21,27H,4-14,16H2,1-3H3/t19?,20?,21?,24-,25-,26-/m0/s1. The van der Waals surface area contributed by atoms with Crippen molar-refractivity contribution in [1.29, 1.82) is 0 Å². The number of aliphatic hydroxyl groups excluding tert-OH is 1. The molecular weight excluding hydrogens is 392 g/mol. The van der Waals surface area contributed by atoms with Gasteiger partial charge in [-0.15, -0.1) is 0 Å². The molecule has 0 amide bonds. The zero-order chi connectivity index (χ0) is 22.4. The zero-order valence-corrected chi connectivity index (χ0v) is 19.4. The van der Waals surface area contributed by atoms with Gasteiger partial charge >= 0.3 is 5.97 Å². The predicted octanol–water partition coefficient (Wildman–Crippen LogP) is 4.55. The number of esters is 1. The molecule has 3 saturated carbocycles. The van der Waals surface area contributed by atoms with Crippen LogP contribution in [-0.2, 0) is 19.1 Å². The monoisotopic (exact) mass is 430 g/mol. The van der Waals surface area contributed by atoms with Gasteiger partial charge in [0.25, 0.3) is 0 Å². The van der Waals surface area contributed by atoms with Gasteiger partial charge in [0.15, 0.2) is 11.4 Å². The number of ketones is 2. The molecule has 3 unspecified atom stereocenters. The van der Waals surface area contributed by atoms with Crippen molar-refractivity contribution >= 4 is 17.5 Å². The third-order valence-electron chi connectivity index (χ3n) is 9.70. The number of allylic oxidation sites excluding steroid dienone is 1. The number of fused-ring (bicyclic) bond motifs is 5. The van der Waals surface area contributed by atoms with Gasteiger partial charge < -0.3 is 9.84 Å². The zero-order valence-electron chi connectivity index (χ0n) is 19.4. The molecule has 0 aromatic carbocycles. The van der Waals surface area contributed by atoms with Gasteiger partial charge in [-0.25, -0.2) is 0 Å². The maximum atomic E-state index is 13.1. The Bertz CT molecular complexity index is 800. The number of rotatable bonds is 6. The number of ether oxygens (including phenoxy) is 1. The van der Waals surface area contributed by atoms with Gasteiger partial charge in [0.05, 0.1) is 0 Å². The van der Waals surface area contributed by atoms with E-state index in [0.717, 1.165) is 51.4 Å². The summed E-state index contributed by atoms with van der Waals surface area (Å²) in [5.74, 6) is 0.910. The highest BCUT2D eigenvalue weighted by molar-refractivity contribution is 5.92. The van der Waals surface area contributed by atoms with Crippen LogP contribution in [0.4, 0.5) is 0 Å². The molecule has 6 atom stereocenters. The van der Waals surface area contributed by atoms with Crippen molar-refractivity contribution in [3.8, 4) is 0 Å². The minimum Gasteiger partial charge on any atom is -0.450 e. The van der Waals surface area contributed by atoms with Crippen molar-refractivity contribution in [3.05, 3.63) is 11.6 Å². The summed E-state index contributed by atoms with van der Waals surface area (Å²) in [6.45, 7) is 5.93. The van der Waals surface area contributed by atoms with Crippen LogP contribution in [0.25, 0.3) is 0 Å². The third-order valence-corrected chi connectivity index (χ3v) is 9.70. The first-order chi connectivity index (χ1) is 14.7. The molecule has 0 aromatic rings. The average molecular weight is 431 g/mol. The maximum Gasteiger partial charge on any atom is 0.306 e. The molecule has 3 fully saturated rings. The number of Topliss-reactive ketones (excluding diaryl/α,β-unsaturated/α-hetero) is 1. The highest BCUT2D eigenvalue weighted by Gasteiger charge is 2.68. The van der Waals surface area contributed by atoms with Crippen LogP contribution in [0.15, 0.2) is 11.6 Å². The molecular formula is C26H38O5.